The number of carbonyl (C=O) groups excluding carboxylic acids is 1. The lowest BCUT2D eigenvalue weighted by molar-refractivity contribution is 0.0942. The molecule has 0 spiro atoms. The summed E-state index contributed by atoms with van der Waals surface area (Å²) >= 11 is 0. The molecule has 1 fully saturated rings. The summed E-state index contributed by atoms with van der Waals surface area (Å²) in [4.78, 5) is 19.5. The van der Waals surface area contributed by atoms with E-state index in [0.29, 0.717) is 17.4 Å². The molecule has 2 atom stereocenters. The fraction of sp³-hybridized carbons (Fsp3) is 0.583. The first kappa shape index (κ1) is 11.8. The minimum absolute atomic E-state index is 0.169. The van der Waals surface area contributed by atoms with Crippen LogP contribution in [0.3, 0.4) is 0 Å². The molecule has 2 rings (SSSR count). The van der Waals surface area contributed by atoms with Crippen LogP contribution in [0, 0.1) is 11.8 Å². The van der Waals surface area contributed by atoms with Crippen LogP contribution >= 0.6 is 0 Å². The van der Waals surface area contributed by atoms with Gasteiger partial charge in [0.05, 0.1) is 12.4 Å². The van der Waals surface area contributed by atoms with Gasteiger partial charge >= 0.3 is 0 Å². The van der Waals surface area contributed by atoms with E-state index in [0.717, 1.165) is 12.5 Å². The van der Waals surface area contributed by atoms with Gasteiger partial charge in [0.2, 0.25) is 0 Å². The first-order valence-corrected chi connectivity index (χ1v) is 6.01. The predicted molar refractivity (Wildman–Crippen MR) is 65.3 cm³/mol. The maximum atomic E-state index is 11.7. The highest BCUT2D eigenvalue weighted by Crippen LogP contribution is 2.29. The summed E-state index contributed by atoms with van der Waals surface area (Å²) in [6.45, 7) is 2.99. The van der Waals surface area contributed by atoms with Gasteiger partial charge in [-0.2, -0.15) is 0 Å². The Balaban J connectivity index is 1.83. The molecule has 1 saturated carbocycles. The van der Waals surface area contributed by atoms with Crippen molar-refractivity contribution < 1.29 is 4.79 Å². The van der Waals surface area contributed by atoms with E-state index in [1.807, 2.05) is 0 Å². The van der Waals surface area contributed by atoms with Crippen LogP contribution in [-0.4, -0.2) is 22.4 Å². The van der Waals surface area contributed by atoms with Crippen molar-refractivity contribution in [2.75, 3.05) is 12.3 Å². The van der Waals surface area contributed by atoms with Gasteiger partial charge in [-0.3, -0.25) is 4.79 Å². The minimum atomic E-state index is -0.169. The van der Waals surface area contributed by atoms with E-state index in [9.17, 15) is 4.79 Å². The number of hydrogen-bond donors (Lipinski definition) is 2. The number of nitrogens with one attached hydrogen (secondary N) is 1. The predicted octanol–water partition coefficient (Wildman–Crippen LogP) is 1.22. The molecule has 1 aromatic rings. The van der Waals surface area contributed by atoms with E-state index in [1.54, 1.807) is 0 Å². The normalized spacial score (nSPS) is 23.6. The molecule has 17 heavy (non-hydrogen) atoms. The molecule has 5 nitrogen and oxygen atoms in total. The molecule has 2 unspecified atom stereocenters. The summed E-state index contributed by atoms with van der Waals surface area (Å²) in [5, 5.41) is 2.90. The van der Waals surface area contributed by atoms with E-state index in [-0.39, 0.29) is 5.91 Å². The quantitative estimate of drug-likeness (QED) is 0.824. The Labute approximate surface area is 101 Å². The first-order chi connectivity index (χ1) is 8.15. The van der Waals surface area contributed by atoms with E-state index >= 15 is 0 Å². The largest absolute Gasteiger partial charge is 0.382 e. The number of anilines is 1. The van der Waals surface area contributed by atoms with Crippen LogP contribution in [0.5, 0.6) is 0 Å². The lowest BCUT2D eigenvalue weighted by Gasteiger charge is -2.10. The van der Waals surface area contributed by atoms with Crippen molar-refractivity contribution >= 4 is 11.7 Å². The highest BCUT2D eigenvalue weighted by molar-refractivity contribution is 5.91. The van der Waals surface area contributed by atoms with Crippen molar-refractivity contribution in [1.82, 2.24) is 15.3 Å². The molecule has 0 radical (unpaired) electrons. The zero-order valence-corrected chi connectivity index (χ0v) is 10.0. The third kappa shape index (κ3) is 3.15. The fourth-order valence-electron chi connectivity index (χ4n) is 2.29. The highest BCUT2D eigenvalue weighted by atomic mass is 16.1. The Bertz CT molecular complexity index is 390. The molecule has 1 amide bonds. The molecule has 1 heterocycles. The Morgan fingerprint density at radius 2 is 2.29 bits per heavy atom. The summed E-state index contributed by atoms with van der Waals surface area (Å²) in [6, 6.07) is 0. The second-order valence-corrected chi connectivity index (χ2v) is 4.82. The van der Waals surface area contributed by atoms with Crippen LogP contribution in [-0.2, 0) is 0 Å². The van der Waals surface area contributed by atoms with Gasteiger partial charge in [0.15, 0.2) is 0 Å². The molecule has 92 valence electrons. The van der Waals surface area contributed by atoms with Crippen molar-refractivity contribution in [3.05, 3.63) is 18.1 Å². The van der Waals surface area contributed by atoms with Crippen molar-refractivity contribution in [2.24, 2.45) is 11.8 Å². The summed E-state index contributed by atoms with van der Waals surface area (Å²) in [7, 11) is 0. The van der Waals surface area contributed by atoms with E-state index in [4.69, 9.17) is 5.73 Å². The van der Waals surface area contributed by atoms with Crippen molar-refractivity contribution in [1.29, 1.82) is 0 Å². The second kappa shape index (κ2) is 5.12. The van der Waals surface area contributed by atoms with Gasteiger partial charge in [0.25, 0.3) is 5.91 Å². The molecule has 5 heteroatoms. The monoisotopic (exact) mass is 234 g/mol. The van der Waals surface area contributed by atoms with Crippen LogP contribution in [0.4, 0.5) is 5.82 Å². The average Bonchev–Trinajstić information content (AvgIpc) is 2.73. The Hall–Kier alpha value is -1.65. The summed E-state index contributed by atoms with van der Waals surface area (Å²) in [5.41, 5.74) is 5.73. The number of nitrogens with zero attached hydrogens (tertiary/aromatic N) is 2. The van der Waals surface area contributed by atoms with Crippen LogP contribution in [0.25, 0.3) is 0 Å². The smallest absolute Gasteiger partial charge is 0.271 e. The maximum absolute atomic E-state index is 11.7. The summed E-state index contributed by atoms with van der Waals surface area (Å²) < 4.78 is 0. The highest BCUT2D eigenvalue weighted by Gasteiger charge is 2.21. The third-order valence-corrected chi connectivity index (χ3v) is 3.26. The lowest BCUT2D eigenvalue weighted by atomic mass is 10.1. The zero-order valence-electron chi connectivity index (χ0n) is 10.0. The van der Waals surface area contributed by atoms with Crippen molar-refractivity contribution in [2.45, 2.75) is 26.2 Å². The van der Waals surface area contributed by atoms with Crippen LogP contribution < -0.4 is 11.1 Å². The molecule has 3 N–H and O–H groups in total. The van der Waals surface area contributed by atoms with Crippen molar-refractivity contribution in [3.63, 3.8) is 0 Å². The Kier molecular flexibility index (Phi) is 3.56. The standard InChI is InChI=1S/C12H18N4O/c1-8-2-3-9(4-8)5-16-12(17)10-6-15-11(13)7-14-10/h6-9H,2-5H2,1H3,(H2,13,15)(H,16,17). The molecule has 0 aliphatic heterocycles. The maximum Gasteiger partial charge on any atom is 0.271 e. The van der Waals surface area contributed by atoms with Gasteiger partial charge < -0.3 is 11.1 Å². The molecule has 1 aliphatic carbocycles. The topological polar surface area (TPSA) is 80.9 Å². The molecule has 1 aliphatic rings. The van der Waals surface area contributed by atoms with E-state index in [1.165, 1.54) is 31.7 Å². The summed E-state index contributed by atoms with van der Waals surface area (Å²) in [6.07, 6.45) is 6.47. The molecular formula is C12H18N4O. The Morgan fingerprint density at radius 1 is 1.47 bits per heavy atom. The number of carbonyl (C=O) groups is 1. The number of hydrogen-bond acceptors (Lipinski definition) is 4. The number of aromatic nitrogens is 2. The molecule has 0 aromatic carbocycles. The molecule has 1 aromatic heterocycles. The first-order valence-electron chi connectivity index (χ1n) is 6.01. The Morgan fingerprint density at radius 3 is 2.88 bits per heavy atom. The van der Waals surface area contributed by atoms with Gasteiger partial charge in [-0.1, -0.05) is 13.3 Å². The molecule has 0 saturated heterocycles. The van der Waals surface area contributed by atoms with Gasteiger partial charge in [0, 0.05) is 6.54 Å². The van der Waals surface area contributed by atoms with Crippen LogP contribution in [0.15, 0.2) is 12.4 Å². The minimum Gasteiger partial charge on any atom is -0.382 e. The number of amides is 1. The van der Waals surface area contributed by atoms with Gasteiger partial charge in [0.1, 0.15) is 11.5 Å². The fourth-order valence-corrected chi connectivity index (χ4v) is 2.29. The molecule has 0 bridgehead atoms. The lowest BCUT2D eigenvalue weighted by Crippen LogP contribution is -2.29. The number of rotatable bonds is 3. The average molecular weight is 234 g/mol. The second-order valence-electron chi connectivity index (χ2n) is 4.82. The number of nitrogens with two attached hydrogens (primary N) is 1. The van der Waals surface area contributed by atoms with Gasteiger partial charge in [-0.05, 0) is 24.7 Å². The van der Waals surface area contributed by atoms with Gasteiger partial charge in [-0.25, -0.2) is 9.97 Å². The molecular weight excluding hydrogens is 216 g/mol. The van der Waals surface area contributed by atoms with Gasteiger partial charge in [-0.15, -0.1) is 0 Å². The summed E-state index contributed by atoms with van der Waals surface area (Å²) in [5.74, 6) is 1.55. The van der Waals surface area contributed by atoms with Crippen molar-refractivity contribution in [3.8, 4) is 0 Å². The SMILES string of the molecule is CC1CCC(CNC(=O)c2cnc(N)cn2)C1. The van der Waals surface area contributed by atoms with Crippen LogP contribution in [0.1, 0.15) is 36.7 Å². The third-order valence-electron chi connectivity index (χ3n) is 3.26. The van der Waals surface area contributed by atoms with E-state index < -0.39 is 0 Å². The number of nitrogen functional groups attached to an aromatic ring is 1. The van der Waals surface area contributed by atoms with E-state index in [2.05, 4.69) is 22.2 Å². The van der Waals surface area contributed by atoms with Crippen LogP contribution in [0.2, 0.25) is 0 Å². The zero-order chi connectivity index (χ0) is 12.3.